The van der Waals surface area contributed by atoms with E-state index in [4.69, 9.17) is 14.2 Å². The Hall–Kier alpha value is -3.62. The number of likely N-dealkylation sites (tertiary alicyclic amines) is 1. The number of methoxy groups -OCH3 is 3. The highest BCUT2D eigenvalue weighted by atomic mass is 16.5. The van der Waals surface area contributed by atoms with Crippen LogP contribution in [0.1, 0.15) is 37.7 Å². The number of nitrogens with zero attached hydrogens (tertiary/aromatic N) is 1. The van der Waals surface area contributed by atoms with Gasteiger partial charge in [0, 0.05) is 28.6 Å². The van der Waals surface area contributed by atoms with Gasteiger partial charge in [0.15, 0.2) is 17.3 Å². The second-order valence-electron chi connectivity index (χ2n) is 10.4. The molecule has 3 N–H and O–H groups in total. The summed E-state index contributed by atoms with van der Waals surface area (Å²) in [4.78, 5) is 32.0. The van der Waals surface area contributed by atoms with Crippen molar-refractivity contribution in [1.29, 1.82) is 0 Å². The molecule has 2 fully saturated rings. The Bertz CT molecular complexity index is 1400. The minimum Gasteiger partial charge on any atom is -0.510 e. The zero-order valence-corrected chi connectivity index (χ0v) is 20.7. The summed E-state index contributed by atoms with van der Waals surface area (Å²) in [5.74, 6) is 1.04. The van der Waals surface area contributed by atoms with Crippen molar-refractivity contribution in [2.75, 3.05) is 27.9 Å². The number of carbonyl (C=O) groups is 2. The smallest absolute Gasteiger partial charge is 0.274 e. The minimum absolute atomic E-state index is 0.0516. The Morgan fingerprint density at radius 2 is 1.86 bits per heavy atom. The SMILES string of the molecule is COc1cc2cc(C(=O)N3C[C@H]4CC45C4=C(NC(C)(C)C4=O)C(C)C(O)=C35)[nH]c2c(OC)c1OC. The number of ketones is 1. The fourth-order valence-corrected chi connectivity index (χ4v) is 6.37. The molecule has 9 heteroatoms. The number of aromatic nitrogens is 1. The normalized spacial score (nSPS) is 28.1. The van der Waals surface area contributed by atoms with Gasteiger partial charge in [0.1, 0.15) is 11.5 Å². The molecular formula is C26H29N3O6. The zero-order valence-electron chi connectivity index (χ0n) is 20.7. The monoisotopic (exact) mass is 479 g/mol. The second kappa shape index (κ2) is 6.74. The number of hydrogen-bond donors (Lipinski definition) is 3. The van der Waals surface area contributed by atoms with Crippen LogP contribution in [0.2, 0.25) is 0 Å². The number of hydrogen-bond acceptors (Lipinski definition) is 7. The highest BCUT2D eigenvalue weighted by molar-refractivity contribution is 6.09. The fraction of sp³-hybridized carbons (Fsp3) is 0.462. The van der Waals surface area contributed by atoms with E-state index in [0.29, 0.717) is 40.7 Å². The summed E-state index contributed by atoms with van der Waals surface area (Å²) in [5, 5.41) is 15.4. The Morgan fingerprint density at radius 3 is 2.51 bits per heavy atom. The largest absolute Gasteiger partial charge is 0.510 e. The maximum absolute atomic E-state index is 13.8. The highest BCUT2D eigenvalue weighted by Gasteiger charge is 2.72. The van der Waals surface area contributed by atoms with Crippen molar-refractivity contribution < 1.29 is 28.9 Å². The van der Waals surface area contributed by atoms with E-state index >= 15 is 0 Å². The third-order valence-corrected chi connectivity index (χ3v) is 8.14. The van der Waals surface area contributed by atoms with Crippen LogP contribution >= 0.6 is 0 Å². The van der Waals surface area contributed by atoms with Crippen molar-refractivity contribution in [3.05, 3.63) is 40.6 Å². The van der Waals surface area contributed by atoms with Gasteiger partial charge in [-0.3, -0.25) is 9.59 Å². The van der Waals surface area contributed by atoms with Gasteiger partial charge in [-0.1, -0.05) is 0 Å². The van der Waals surface area contributed by atoms with Crippen molar-refractivity contribution in [3.63, 3.8) is 0 Å². The zero-order chi connectivity index (χ0) is 25.0. The number of amides is 1. The molecule has 0 bridgehead atoms. The van der Waals surface area contributed by atoms with Crippen LogP contribution in [0.5, 0.6) is 17.2 Å². The molecule has 2 aromatic rings. The molecule has 1 amide bonds. The van der Waals surface area contributed by atoms with Crippen LogP contribution in [0, 0.1) is 17.3 Å². The number of rotatable bonds is 4. The number of nitrogens with one attached hydrogen (secondary N) is 2. The molecule has 9 nitrogen and oxygen atoms in total. The summed E-state index contributed by atoms with van der Waals surface area (Å²) in [6, 6.07) is 3.53. The van der Waals surface area contributed by atoms with Crippen molar-refractivity contribution >= 4 is 22.6 Å². The molecule has 0 radical (unpaired) electrons. The predicted molar refractivity (Wildman–Crippen MR) is 128 cm³/mol. The maximum Gasteiger partial charge on any atom is 0.274 e. The summed E-state index contributed by atoms with van der Waals surface area (Å²) >= 11 is 0. The molecule has 3 heterocycles. The quantitative estimate of drug-likeness (QED) is 0.617. The van der Waals surface area contributed by atoms with Crippen molar-refractivity contribution in [1.82, 2.24) is 15.2 Å². The van der Waals surface area contributed by atoms with E-state index in [0.717, 1.165) is 23.1 Å². The standard InChI is InChI=1S/C26H29N3O6/c1-11-17-16(23(31)25(2,3)28-17)26-9-13(26)10-29(22(26)19(11)30)24(32)14-7-12-8-15(33-4)20(34-5)21(35-6)18(12)27-14/h7-8,11,13,27-28,30H,9-10H2,1-6H3/t11?,13-,26?/m1/s1. The van der Waals surface area contributed by atoms with E-state index in [1.807, 2.05) is 20.8 Å². The van der Waals surface area contributed by atoms with Gasteiger partial charge in [0.05, 0.1) is 44.0 Å². The molecule has 2 unspecified atom stereocenters. The lowest BCUT2D eigenvalue weighted by atomic mass is 9.77. The summed E-state index contributed by atoms with van der Waals surface area (Å²) in [6.45, 7) is 6.05. The van der Waals surface area contributed by atoms with Gasteiger partial charge in [-0.15, -0.1) is 0 Å². The van der Waals surface area contributed by atoms with Crippen molar-refractivity contribution in [3.8, 4) is 17.2 Å². The Morgan fingerprint density at radius 1 is 1.14 bits per heavy atom. The topological polar surface area (TPSA) is 113 Å². The number of carbonyl (C=O) groups excluding carboxylic acids is 2. The number of benzene rings is 1. The number of aromatic amines is 1. The molecule has 1 saturated carbocycles. The summed E-state index contributed by atoms with van der Waals surface area (Å²) in [5.41, 5.74) is 1.78. The lowest BCUT2D eigenvalue weighted by molar-refractivity contribution is -0.119. The average molecular weight is 480 g/mol. The summed E-state index contributed by atoms with van der Waals surface area (Å²) in [6.07, 6.45) is 0.764. The molecule has 4 aliphatic rings. The van der Waals surface area contributed by atoms with Crippen LogP contribution in [-0.4, -0.2) is 60.1 Å². The van der Waals surface area contributed by atoms with E-state index in [1.165, 1.54) is 14.2 Å². The number of aliphatic hydroxyl groups is 1. The van der Waals surface area contributed by atoms with Crippen molar-refractivity contribution in [2.24, 2.45) is 17.3 Å². The molecule has 2 aliphatic carbocycles. The van der Waals surface area contributed by atoms with Crippen LogP contribution in [-0.2, 0) is 4.79 Å². The molecule has 184 valence electrons. The molecule has 3 atom stereocenters. The van der Waals surface area contributed by atoms with Crippen LogP contribution in [0.3, 0.4) is 0 Å². The molecule has 1 spiro atoms. The molecule has 6 rings (SSSR count). The number of allylic oxidation sites excluding steroid dienone is 1. The van der Waals surface area contributed by atoms with E-state index in [9.17, 15) is 14.7 Å². The number of H-pyrrole nitrogens is 1. The van der Waals surface area contributed by atoms with Gasteiger partial charge >= 0.3 is 0 Å². The number of piperidine rings is 1. The lowest BCUT2D eigenvalue weighted by Gasteiger charge is -2.32. The van der Waals surface area contributed by atoms with E-state index in [-0.39, 0.29) is 29.3 Å². The van der Waals surface area contributed by atoms with Crippen LogP contribution in [0.25, 0.3) is 10.9 Å². The average Bonchev–Trinajstić information content (AvgIpc) is 3.11. The number of fused-ring (bicyclic) bond motifs is 1. The van der Waals surface area contributed by atoms with Crippen LogP contribution in [0.15, 0.2) is 34.9 Å². The van der Waals surface area contributed by atoms with Gasteiger partial charge in [0.25, 0.3) is 5.91 Å². The number of Topliss-reactive ketones (excluding diaryl/α,β-unsaturated/α-hetero) is 1. The Labute approximate surface area is 202 Å². The molecule has 1 aromatic carbocycles. The second-order valence-corrected chi connectivity index (χ2v) is 10.4. The fourth-order valence-electron chi connectivity index (χ4n) is 6.37. The first-order chi connectivity index (χ1) is 16.6. The molecule has 1 aromatic heterocycles. The first-order valence-electron chi connectivity index (χ1n) is 11.8. The first-order valence-corrected chi connectivity index (χ1v) is 11.8. The van der Waals surface area contributed by atoms with Gasteiger partial charge in [-0.2, -0.15) is 0 Å². The lowest BCUT2D eigenvalue weighted by Crippen LogP contribution is -2.41. The van der Waals surface area contributed by atoms with Gasteiger partial charge in [-0.05, 0) is 45.2 Å². The van der Waals surface area contributed by atoms with Gasteiger partial charge in [0.2, 0.25) is 5.75 Å². The Balaban J connectivity index is 1.43. The van der Waals surface area contributed by atoms with E-state index in [1.54, 1.807) is 24.1 Å². The first kappa shape index (κ1) is 21.9. The Kier molecular flexibility index (Phi) is 4.21. The highest BCUT2D eigenvalue weighted by Crippen LogP contribution is 2.72. The third-order valence-electron chi connectivity index (χ3n) is 8.14. The van der Waals surface area contributed by atoms with Gasteiger partial charge < -0.3 is 34.5 Å². The predicted octanol–water partition coefficient (Wildman–Crippen LogP) is 3.28. The molecular weight excluding hydrogens is 450 g/mol. The summed E-state index contributed by atoms with van der Waals surface area (Å²) in [7, 11) is 4.60. The van der Waals surface area contributed by atoms with E-state index < -0.39 is 11.0 Å². The maximum atomic E-state index is 13.8. The van der Waals surface area contributed by atoms with Crippen LogP contribution in [0.4, 0.5) is 0 Å². The third kappa shape index (κ3) is 2.53. The number of ether oxygens (including phenoxy) is 3. The molecule has 1 saturated heterocycles. The molecule has 35 heavy (non-hydrogen) atoms. The molecule has 2 aliphatic heterocycles. The van der Waals surface area contributed by atoms with Crippen molar-refractivity contribution in [2.45, 2.75) is 32.7 Å². The van der Waals surface area contributed by atoms with E-state index in [2.05, 4.69) is 10.3 Å². The van der Waals surface area contributed by atoms with Crippen LogP contribution < -0.4 is 19.5 Å². The summed E-state index contributed by atoms with van der Waals surface area (Å²) < 4.78 is 16.5. The van der Waals surface area contributed by atoms with Gasteiger partial charge in [-0.25, -0.2) is 0 Å². The minimum atomic E-state index is -0.722. The number of aliphatic hydroxyl groups excluding tert-OH is 1.